The first-order valence-corrected chi connectivity index (χ1v) is 6.06. The maximum atomic E-state index is 10.8. The van der Waals surface area contributed by atoms with E-state index in [0.29, 0.717) is 0 Å². The number of benzene rings is 1. The molecule has 3 N–H and O–H groups in total. The fraction of sp³-hybridized carbons (Fsp3) is 0.308. The van der Waals surface area contributed by atoms with Crippen molar-refractivity contribution in [2.75, 3.05) is 18.0 Å². The molecule has 0 spiro atoms. The summed E-state index contributed by atoms with van der Waals surface area (Å²) in [5, 5.41) is 3.64. The summed E-state index contributed by atoms with van der Waals surface area (Å²) in [6.07, 6.45) is 1.45. The third-order valence-corrected chi connectivity index (χ3v) is 2.63. The van der Waals surface area contributed by atoms with Crippen LogP contribution in [0.2, 0.25) is 0 Å². The Hall–Kier alpha value is -2.37. The van der Waals surface area contributed by atoms with Crippen LogP contribution in [-0.2, 0) is 9.59 Å². The Morgan fingerprint density at radius 1 is 1.26 bits per heavy atom. The van der Waals surface area contributed by atoms with E-state index in [0.717, 1.165) is 24.3 Å². The van der Waals surface area contributed by atoms with E-state index in [-0.39, 0.29) is 0 Å². The molecule has 0 aliphatic carbocycles. The number of nitrogens with one attached hydrogen (secondary N) is 1. The van der Waals surface area contributed by atoms with Gasteiger partial charge in [0.05, 0.1) is 6.21 Å². The summed E-state index contributed by atoms with van der Waals surface area (Å²) in [5.74, 6) is -2.00. The third kappa shape index (κ3) is 4.42. The number of anilines is 1. The molecule has 0 aromatic heterocycles. The van der Waals surface area contributed by atoms with Gasteiger partial charge in [-0.15, -0.1) is 0 Å². The molecule has 0 aliphatic heterocycles. The van der Waals surface area contributed by atoms with Gasteiger partial charge < -0.3 is 10.6 Å². The van der Waals surface area contributed by atoms with Gasteiger partial charge in [0.1, 0.15) is 0 Å². The van der Waals surface area contributed by atoms with E-state index >= 15 is 0 Å². The lowest BCUT2D eigenvalue weighted by molar-refractivity contribution is -0.137. The first-order chi connectivity index (χ1) is 9.08. The summed E-state index contributed by atoms with van der Waals surface area (Å²) in [6.45, 7) is 6.08. The van der Waals surface area contributed by atoms with Gasteiger partial charge in [-0.2, -0.15) is 5.10 Å². The van der Waals surface area contributed by atoms with E-state index in [1.807, 2.05) is 29.7 Å². The van der Waals surface area contributed by atoms with Crippen molar-refractivity contribution in [2.45, 2.75) is 13.8 Å². The molecule has 0 saturated heterocycles. The Morgan fingerprint density at radius 3 is 2.32 bits per heavy atom. The highest BCUT2D eigenvalue weighted by Crippen LogP contribution is 2.13. The van der Waals surface area contributed by atoms with Gasteiger partial charge in [-0.3, -0.25) is 9.59 Å². The molecule has 0 saturated carbocycles. The van der Waals surface area contributed by atoms with Crippen molar-refractivity contribution in [1.82, 2.24) is 5.43 Å². The number of rotatable bonds is 5. The quantitative estimate of drug-likeness (QED) is 0.459. The van der Waals surface area contributed by atoms with Crippen LogP contribution in [0.1, 0.15) is 19.4 Å². The van der Waals surface area contributed by atoms with Crippen molar-refractivity contribution < 1.29 is 9.59 Å². The topological polar surface area (TPSA) is 87.8 Å². The van der Waals surface area contributed by atoms with Crippen LogP contribution in [0.3, 0.4) is 0 Å². The Morgan fingerprint density at radius 2 is 1.84 bits per heavy atom. The van der Waals surface area contributed by atoms with Crippen LogP contribution in [0.25, 0.3) is 0 Å². The molecule has 0 heterocycles. The summed E-state index contributed by atoms with van der Waals surface area (Å²) >= 11 is 0. The lowest BCUT2D eigenvalue weighted by atomic mass is 10.2. The van der Waals surface area contributed by atoms with E-state index in [1.165, 1.54) is 6.21 Å². The van der Waals surface area contributed by atoms with Crippen molar-refractivity contribution in [2.24, 2.45) is 10.8 Å². The highest BCUT2D eigenvalue weighted by molar-refractivity contribution is 6.34. The molecule has 0 radical (unpaired) electrons. The van der Waals surface area contributed by atoms with Crippen molar-refractivity contribution in [3.05, 3.63) is 29.8 Å². The van der Waals surface area contributed by atoms with E-state index in [1.54, 1.807) is 0 Å². The minimum atomic E-state index is -1.06. The molecular weight excluding hydrogens is 244 g/mol. The molecule has 0 unspecified atom stereocenters. The first-order valence-electron chi connectivity index (χ1n) is 6.06. The lowest BCUT2D eigenvalue weighted by Gasteiger charge is -2.20. The molecular formula is C13H18N4O2. The molecule has 1 aromatic rings. The summed E-state index contributed by atoms with van der Waals surface area (Å²) in [4.78, 5) is 23.5. The first kappa shape index (κ1) is 14.7. The Bertz CT molecular complexity index is 464. The molecule has 0 aliphatic rings. The zero-order valence-corrected chi connectivity index (χ0v) is 11.1. The average Bonchev–Trinajstić information content (AvgIpc) is 2.41. The molecule has 1 aromatic carbocycles. The van der Waals surface area contributed by atoms with Crippen molar-refractivity contribution in [1.29, 1.82) is 0 Å². The normalized spacial score (nSPS) is 10.4. The predicted molar refractivity (Wildman–Crippen MR) is 74.9 cm³/mol. The van der Waals surface area contributed by atoms with Gasteiger partial charge in [0.25, 0.3) is 0 Å². The highest BCUT2D eigenvalue weighted by atomic mass is 16.2. The maximum absolute atomic E-state index is 10.8. The monoisotopic (exact) mass is 262 g/mol. The second-order valence-corrected chi connectivity index (χ2v) is 3.83. The summed E-state index contributed by atoms with van der Waals surface area (Å²) < 4.78 is 0. The van der Waals surface area contributed by atoms with Crippen LogP contribution < -0.4 is 16.1 Å². The number of primary amides is 1. The van der Waals surface area contributed by atoms with Crippen molar-refractivity contribution >= 4 is 23.7 Å². The number of carbonyl (C=O) groups excluding carboxylic acids is 2. The lowest BCUT2D eigenvalue weighted by Crippen LogP contribution is -2.32. The maximum Gasteiger partial charge on any atom is 0.329 e. The van der Waals surface area contributed by atoms with Gasteiger partial charge in [-0.25, -0.2) is 5.43 Å². The summed E-state index contributed by atoms with van der Waals surface area (Å²) in [5.41, 5.74) is 8.75. The number of nitrogens with zero attached hydrogens (tertiary/aromatic N) is 2. The number of hydrazone groups is 1. The molecule has 2 amide bonds. The van der Waals surface area contributed by atoms with Crippen LogP contribution >= 0.6 is 0 Å². The van der Waals surface area contributed by atoms with Crippen LogP contribution in [0, 0.1) is 0 Å². The molecule has 102 valence electrons. The minimum Gasteiger partial charge on any atom is -0.372 e. The average molecular weight is 262 g/mol. The molecule has 0 bridgehead atoms. The van der Waals surface area contributed by atoms with Crippen LogP contribution in [0.5, 0.6) is 0 Å². The zero-order chi connectivity index (χ0) is 14.3. The number of carbonyl (C=O) groups is 2. The van der Waals surface area contributed by atoms with Gasteiger partial charge >= 0.3 is 11.8 Å². The predicted octanol–water partition coefficient (Wildman–Crippen LogP) is 0.468. The molecule has 6 nitrogen and oxygen atoms in total. The van der Waals surface area contributed by atoms with E-state index in [9.17, 15) is 9.59 Å². The molecule has 6 heteroatoms. The Labute approximate surface area is 112 Å². The number of nitrogens with two attached hydrogens (primary N) is 1. The Kier molecular flexibility index (Phi) is 5.53. The summed E-state index contributed by atoms with van der Waals surface area (Å²) in [6, 6.07) is 7.72. The van der Waals surface area contributed by atoms with Crippen LogP contribution in [-0.4, -0.2) is 31.1 Å². The fourth-order valence-corrected chi connectivity index (χ4v) is 1.58. The zero-order valence-electron chi connectivity index (χ0n) is 11.1. The second kappa shape index (κ2) is 7.15. The van der Waals surface area contributed by atoms with E-state index in [4.69, 9.17) is 5.73 Å². The largest absolute Gasteiger partial charge is 0.372 e. The van der Waals surface area contributed by atoms with Crippen molar-refractivity contribution in [3.8, 4) is 0 Å². The Balaban J connectivity index is 2.64. The number of amides is 2. The molecule has 0 fully saturated rings. The van der Waals surface area contributed by atoms with E-state index in [2.05, 4.69) is 23.8 Å². The van der Waals surface area contributed by atoms with Gasteiger partial charge in [0, 0.05) is 18.8 Å². The highest BCUT2D eigenvalue weighted by Gasteiger charge is 2.05. The fourth-order valence-electron chi connectivity index (χ4n) is 1.58. The smallest absolute Gasteiger partial charge is 0.329 e. The second-order valence-electron chi connectivity index (χ2n) is 3.83. The van der Waals surface area contributed by atoms with Crippen molar-refractivity contribution in [3.63, 3.8) is 0 Å². The van der Waals surface area contributed by atoms with Crippen LogP contribution in [0.4, 0.5) is 5.69 Å². The third-order valence-electron chi connectivity index (χ3n) is 2.63. The van der Waals surface area contributed by atoms with Gasteiger partial charge in [0.15, 0.2) is 0 Å². The van der Waals surface area contributed by atoms with Gasteiger partial charge in [0.2, 0.25) is 0 Å². The van der Waals surface area contributed by atoms with Crippen LogP contribution in [0.15, 0.2) is 29.4 Å². The minimum absolute atomic E-state index is 0.820. The standard InChI is InChI=1S/C13H18N4O2/c1-3-17(4-2)11-7-5-10(6-8-11)9-15-16-13(19)12(14)18/h5-9H,3-4H2,1-2H3,(H2,14,18)(H,16,19)/b15-9-. The van der Waals surface area contributed by atoms with Gasteiger partial charge in [-0.1, -0.05) is 12.1 Å². The molecule has 1 rings (SSSR count). The number of hydrogen-bond acceptors (Lipinski definition) is 4. The summed E-state index contributed by atoms with van der Waals surface area (Å²) in [7, 11) is 0. The van der Waals surface area contributed by atoms with Gasteiger partial charge in [-0.05, 0) is 31.5 Å². The van der Waals surface area contributed by atoms with E-state index < -0.39 is 11.8 Å². The number of hydrogen-bond donors (Lipinski definition) is 2. The molecule has 19 heavy (non-hydrogen) atoms. The molecule has 0 atom stereocenters. The SMILES string of the molecule is CCN(CC)c1ccc(/C=N\NC(=O)C(N)=O)cc1.